The largest absolute Gasteiger partial charge is 0.379 e. The lowest BCUT2D eigenvalue weighted by Gasteiger charge is -2.33. The fraction of sp³-hybridized carbons (Fsp3) is 0.318. The van der Waals surface area contributed by atoms with Crippen LogP contribution in [0.4, 0.5) is 0 Å². The first-order chi connectivity index (χ1) is 13.7. The second kappa shape index (κ2) is 8.46. The molecule has 0 aliphatic carbocycles. The van der Waals surface area contributed by atoms with Gasteiger partial charge in [-0.2, -0.15) is 0 Å². The highest BCUT2D eigenvalue weighted by molar-refractivity contribution is 5.86. The van der Waals surface area contributed by atoms with E-state index >= 15 is 0 Å². The average molecular weight is 376 g/mol. The van der Waals surface area contributed by atoms with E-state index in [1.165, 1.54) is 0 Å². The Hall–Kier alpha value is -2.83. The number of hydrogen-bond acceptors (Lipinski definition) is 5. The summed E-state index contributed by atoms with van der Waals surface area (Å²) in [5.74, 6) is -0.0183. The Morgan fingerprint density at radius 3 is 2.79 bits per heavy atom. The summed E-state index contributed by atoms with van der Waals surface area (Å²) in [5.41, 5.74) is 4.09. The second-order valence-electron chi connectivity index (χ2n) is 6.99. The van der Waals surface area contributed by atoms with E-state index in [-0.39, 0.29) is 11.9 Å². The first kappa shape index (κ1) is 18.5. The lowest BCUT2D eigenvalue weighted by atomic mass is 10.0. The summed E-state index contributed by atoms with van der Waals surface area (Å²) in [5, 5.41) is 4.23. The molecule has 3 heterocycles. The highest BCUT2D eigenvalue weighted by Gasteiger charge is 2.29. The third-order valence-corrected chi connectivity index (χ3v) is 5.23. The first-order valence-electron chi connectivity index (χ1n) is 9.56. The number of pyridine rings is 2. The fourth-order valence-electron chi connectivity index (χ4n) is 3.73. The molecule has 1 saturated heterocycles. The molecule has 6 heteroatoms. The maximum absolute atomic E-state index is 13.2. The summed E-state index contributed by atoms with van der Waals surface area (Å²) in [6, 6.07) is 11.5. The quantitative estimate of drug-likeness (QED) is 0.741. The summed E-state index contributed by atoms with van der Waals surface area (Å²) >= 11 is 0. The van der Waals surface area contributed by atoms with Crippen LogP contribution in [0.3, 0.4) is 0 Å². The van der Waals surface area contributed by atoms with Gasteiger partial charge in [0.05, 0.1) is 18.7 Å². The smallest absolute Gasteiger partial charge is 0.242 e. The van der Waals surface area contributed by atoms with Gasteiger partial charge in [0, 0.05) is 43.6 Å². The van der Waals surface area contributed by atoms with Crippen LogP contribution in [0.1, 0.15) is 22.7 Å². The van der Waals surface area contributed by atoms with Crippen LogP contribution in [0.15, 0.2) is 55.0 Å². The number of rotatable bonds is 5. The highest BCUT2D eigenvalue weighted by Crippen LogP contribution is 2.23. The highest BCUT2D eigenvalue weighted by atomic mass is 16.5. The number of carbonyl (C=O) groups excluding carboxylic acids is 1. The van der Waals surface area contributed by atoms with Gasteiger partial charge in [-0.1, -0.05) is 18.2 Å². The first-order valence-corrected chi connectivity index (χ1v) is 9.56. The van der Waals surface area contributed by atoms with E-state index in [1.54, 1.807) is 18.6 Å². The van der Waals surface area contributed by atoms with Gasteiger partial charge in [-0.15, -0.1) is 0 Å². The van der Waals surface area contributed by atoms with Crippen LogP contribution in [0.25, 0.3) is 10.9 Å². The minimum absolute atomic E-state index is 0.0183. The van der Waals surface area contributed by atoms with Crippen LogP contribution in [-0.2, 0) is 16.1 Å². The van der Waals surface area contributed by atoms with E-state index in [2.05, 4.69) is 39.2 Å². The van der Waals surface area contributed by atoms with Crippen LogP contribution in [0.5, 0.6) is 0 Å². The van der Waals surface area contributed by atoms with Crippen LogP contribution in [0, 0.1) is 6.92 Å². The number of nitrogens with zero attached hydrogens (tertiary/aromatic N) is 3. The number of hydrogen-bond donors (Lipinski definition) is 1. The lowest BCUT2D eigenvalue weighted by molar-refractivity contribution is -0.128. The minimum Gasteiger partial charge on any atom is -0.379 e. The normalized spacial score (nSPS) is 16.0. The summed E-state index contributed by atoms with van der Waals surface area (Å²) in [6.07, 6.45) is 5.29. The summed E-state index contributed by atoms with van der Waals surface area (Å²) in [7, 11) is 0. The predicted molar refractivity (Wildman–Crippen MR) is 108 cm³/mol. The maximum Gasteiger partial charge on any atom is 0.242 e. The van der Waals surface area contributed by atoms with E-state index < -0.39 is 0 Å². The zero-order chi connectivity index (χ0) is 19.3. The third-order valence-electron chi connectivity index (χ3n) is 5.23. The molecule has 2 aromatic heterocycles. The van der Waals surface area contributed by atoms with Gasteiger partial charge in [0.25, 0.3) is 0 Å². The molecule has 144 valence electrons. The van der Waals surface area contributed by atoms with Crippen molar-refractivity contribution in [1.29, 1.82) is 0 Å². The molecule has 0 unspecified atom stereocenters. The molecular weight excluding hydrogens is 352 g/mol. The van der Waals surface area contributed by atoms with Crippen molar-refractivity contribution in [3.05, 3.63) is 71.7 Å². The summed E-state index contributed by atoms with van der Waals surface area (Å²) in [6.45, 7) is 5.26. The van der Waals surface area contributed by atoms with Crippen molar-refractivity contribution >= 4 is 16.8 Å². The number of fused-ring (bicyclic) bond motifs is 1. The van der Waals surface area contributed by atoms with Crippen molar-refractivity contribution < 1.29 is 9.53 Å². The molecule has 1 aliphatic rings. The molecule has 1 N–H and O–H groups in total. The molecule has 6 nitrogen and oxygen atoms in total. The van der Waals surface area contributed by atoms with Crippen molar-refractivity contribution in [2.24, 2.45) is 0 Å². The van der Waals surface area contributed by atoms with Crippen molar-refractivity contribution in [2.45, 2.75) is 19.5 Å². The number of nitrogens with one attached hydrogen (secondary N) is 1. The predicted octanol–water partition coefficient (Wildman–Crippen LogP) is 2.63. The van der Waals surface area contributed by atoms with E-state index in [0.717, 1.165) is 40.7 Å². The maximum atomic E-state index is 13.2. The van der Waals surface area contributed by atoms with Crippen molar-refractivity contribution in [2.75, 3.05) is 26.3 Å². The number of aromatic nitrogens is 2. The van der Waals surface area contributed by atoms with E-state index in [1.807, 2.05) is 24.3 Å². The average Bonchev–Trinajstić information content (AvgIpc) is 2.75. The molecule has 1 amide bonds. The van der Waals surface area contributed by atoms with Gasteiger partial charge < -0.3 is 10.1 Å². The zero-order valence-corrected chi connectivity index (χ0v) is 16.0. The van der Waals surface area contributed by atoms with Crippen molar-refractivity contribution in [3.8, 4) is 0 Å². The molecule has 1 aliphatic heterocycles. The van der Waals surface area contributed by atoms with Crippen LogP contribution < -0.4 is 5.32 Å². The minimum atomic E-state index is -0.369. The molecule has 0 bridgehead atoms. The molecule has 28 heavy (non-hydrogen) atoms. The SMILES string of the molecule is Cc1ccc2ncccc2c1CNC(=O)[C@@H](c1cccnc1)N1CCOCC1. The van der Waals surface area contributed by atoms with Crippen molar-refractivity contribution in [1.82, 2.24) is 20.2 Å². The third kappa shape index (κ3) is 3.88. The Labute approximate surface area is 164 Å². The van der Waals surface area contributed by atoms with Gasteiger partial charge in [0.15, 0.2) is 0 Å². The molecule has 3 aromatic rings. The van der Waals surface area contributed by atoms with Gasteiger partial charge in [-0.25, -0.2) is 0 Å². The molecule has 0 spiro atoms. The number of amides is 1. The second-order valence-corrected chi connectivity index (χ2v) is 6.99. The number of benzene rings is 1. The number of ether oxygens (including phenoxy) is 1. The molecule has 4 rings (SSSR count). The van der Waals surface area contributed by atoms with Gasteiger partial charge in [-0.3, -0.25) is 19.7 Å². The van der Waals surface area contributed by atoms with Gasteiger partial charge in [0.1, 0.15) is 6.04 Å². The van der Waals surface area contributed by atoms with E-state index in [0.29, 0.717) is 19.8 Å². The Balaban J connectivity index is 1.58. The Bertz CT molecular complexity index is 955. The van der Waals surface area contributed by atoms with Crippen LogP contribution in [0.2, 0.25) is 0 Å². The number of aryl methyl sites for hydroxylation is 1. The fourth-order valence-corrected chi connectivity index (χ4v) is 3.73. The van der Waals surface area contributed by atoms with Crippen LogP contribution in [-0.4, -0.2) is 47.1 Å². The molecule has 1 aromatic carbocycles. The number of carbonyl (C=O) groups is 1. The monoisotopic (exact) mass is 376 g/mol. The zero-order valence-electron chi connectivity index (χ0n) is 16.0. The Kier molecular flexibility index (Phi) is 5.60. The van der Waals surface area contributed by atoms with E-state index in [4.69, 9.17) is 4.74 Å². The lowest BCUT2D eigenvalue weighted by Crippen LogP contribution is -2.45. The van der Waals surface area contributed by atoms with Gasteiger partial charge in [-0.05, 0) is 41.8 Å². The molecule has 0 radical (unpaired) electrons. The molecule has 1 atom stereocenters. The topological polar surface area (TPSA) is 67.4 Å². The molecular formula is C22H24N4O2. The van der Waals surface area contributed by atoms with Crippen molar-refractivity contribution in [3.63, 3.8) is 0 Å². The van der Waals surface area contributed by atoms with E-state index in [9.17, 15) is 4.79 Å². The molecule has 0 saturated carbocycles. The molecule has 1 fully saturated rings. The van der Waals surface area contributed by atoms with Gasteiger partial charge >= 0.3 is 0 Å². The van der Waals surface area contributed by atoms with Crippen LogP contribution >= 0.6 is 0 Å². The standard InChI is InChI=1S/C22H24N4O2/c1-16-6-7-20-18(5-3-9-24-20)19(16)15-25-22(27)21(17-4-2-8-23-14-17)26-10-12-28-13-11-26/h2-9,14,21H,10-13,15H2,1H3,(H,25,27)/t21-/m1/s1. The van der Waals surface area contributed by atoms with Gasteiger partial charge in [0.2, 0.25) is 5.91 Å². The number of morpholine rings is 1. The summed E-state index contributed by atoms with van der Waals surface area (Å²) in [4.78, 5) is 24.0. The Morgan fingerprint density at radius 2 is 2.00 bits per heavy atom. The Morgan fingerprint density at radius 1 is 1.18 bits per heavy atom. The summed E-state index contributed by atoms with van der Waals surface area (Å²) < 4.78 is 5.46.